The standard InChI is InChI=1S/C12H18FNOS/c1-9(2)4-3-7-16(15)12-8-10(13)5-6-11(12)14/h5-6,8-9H,3-4,7,14H2,1-2H3. The summed E-state index contributed by atoms with van der Waals surface area (Å²) < 4.78 is 24.8. The number of rotatable bonds is 5. The van der Waals surface area contributed by atoms with Gasteiger partial charge >= 0.3 is 0 Å². The van der Waals surface area contributed by atoms with Crippen molar-refractivity contribution < 1.29 is 8.60 Å². The van der Waals surface area contributed by atoms with Gasteiger partial charge in [-0.15, -0.1) is 0 Å². The lowest BCUT2D eigenvalue weighted by Crippen LogP contribution is -2.03. The summed E-state index contributed by atoms with van der Waals surface area (Å²) in [4.78, 5) is 0.420. The SMILES string of the molecule is CC(C)CCCS(=O)c1cc(F)ccc1N. The second kappa shape index (κ2) is 5.99. The number of benzene rings is 1. The average Bonchev–Trinajstić information content (AvgIpc) is 2.21. The Labute approximate surface area is 98.5 Å². The minimum absolute atomic E-state index is 0.388. The molecule has 1 aromatic rings. The van der Waals surface area contributed by atoms with Crippen molar-refractivity contribution in [3.05, 3.63) is 24.0 Å². The van der Waals surface area contributed by atoms with Crippen molar-refractivity contribution in [1.29, 1.82) is 0 Å². The van der Waals surface area contributed by atoms with Crippen LogP contribution in [0.5, 0.6) is 0 Å². The van der Waals surface area contributed by atoms with Gasteiger partial charge in [-0.3, -0.25) is 4.21 Å². The van der Waals surface area contributed by atoms with Crippen LogP contribution in [-0.4, -0.2) is 9.96 Å². The highest BCUT2D eigenvalue weighted by Crippen LogP contribution is 2.19. The van der Waals surface area contributed by atoms with Crippen LogP contribution in [0.15, 0.2) is 23.1 Å². The van der Waals surface area contributed by atoms with Crippen molar-refractivity contribution in [2.45, 2.75) is 31.6 Å². The Morgan fingerprint density at radius 1 is 1.44 bits per heavy atom. The molecule has 2 N–H and O–H groups in total. The molecule has 0 spiro atoms. The molecule has 4 heteroatoms. The normalized spacial score (nSPS) is 13.0. The molecule has 0 fully saturated rings. The number of anilines is 1. The molecule has 0 radical (unpaired) electrons. The first kappa shape index (κ1) is 13.2. The second-order valence-corrected chi connectivity index (χ2v) is 5.81. The highest BCUT2D eigenvalue weighted by molar-refractivity contribution is 7.85. The molecule has 0 bridgehead atoms. The Kier molecular flexibility index (Phi) is 4.93. The summed E-state index contributed by atoms with van der Waals surface area (Å²) in [7, 11) is -1.19. The maximum atomic E-state index is 13.0. The van der Waals surface area contributed by atoms with Gasteiger partial charge in [0.2, 0.25) is 0 Å². The van der Waals surface area contributed by atoms with Crippen LogP contribution in [0, 0.1) is 11.7 Å². The van der Waals surface area contributed by atoms with Crippen LogP contribution in [0.1, 0.15) is 26.7 Å². The monoisotopic (exact) mass is 243 g/mol. The van der Waals surface area contributed by atoms with E-state index in [9.17, 15) is 8.60 Å². The molecule has 1 atom stereocenters. The molecule has 0 aromatic heterocycles. The van der Waals surface area contributed by atoms with Crippen molar-refractivity contribution in [1.82, 2.24) is 0 Å². The van der Waals surface area contributed by atoms with Crippen LogP contribution in [0.25, 0.3) is 0 Å². The van der Waals surface area contributed by atoms with E-state index in [0.29, 0.717) is 22.3 Å². The van der Waals surface area contributed by atoms with Crippen molar-refractivity contribution in [3.63, 3.8) is 0 Å². The predicted octanol–water partition coefficient (Wildman–Crippen LogP) is 2.95. The lowest BCUT2D eigenvalue weighted by atomic mass is 10.1. The van der Waals surface area contributed by atoms with Gasteiger partial charge in [-0.1, -0.05) is 20.3 Å². The molecule has 90 valence electrons. The molecule has 1 aromatic carbocycles. The minimum atomic E-state index is -1.19. The number of nitrogens with two attached hydrogens (primary N) is 1. The van der Waals surface area contributed by atoms with Gasteiger partial charge in [-0.05, 0) is 30.5 Å². The molecule has 2 nitrogen and oxygen atoms in total. The smallest absolute Gasteiger partial charge is 0.124 e. The second-order valence-electron chi connectivity index (χ2n) is 4.27. The third-order valence-electron chi connectivity index (χ3n) is 2.33. The first-order valence-electron chi connectivity index (χ1n) is 5.44. The van der Waals surface area contributed by atoms with E-state index in [1.807, 2.05) is 0 Å². The largest absolute Gasteiger partial charge is 0.398 e. The van der Waals surface area contributed by atoms with Crippen LogP contribution >= 0.6 is 0 Å². The quantitative estimate of drug-likeness (QED) is 0.808. The summed E-state index contributed by atoms with van der Waals surface area (Å²) in [6.07, 6.45) is 1.90. The number of halogens is 1. The van der Waals surface area contributed by atoms with Gasteiger partial charge in [-0.2, -0.15) is 0 Å². The average molecular weight is 243 g/mol. The van der Waals surface area contributed by atoms with Gasteiger partial charge in [0, 0.05) is 11.4 Å². The molecule has 1 rings (SSSR count). The fourth-order valence-corrected chi connectivity index (χ4v) is 2.66. The van der Waals surface area contributed by atoms with Gasteiger partial charge in [0.25, 0.3) is 0 Å². The summed E-state index contributed by atoms with van der Waals surface area (Å²) in [6.45, 7) is 4.25. The third-order valence-corrected chi connectivity index (χ3v) is 3.84. The Morgan fingerprint density at radius 2 is 2.12 bits per heavy atom. The van der Waals surface area contributed by atoms with Gasteiger partial charge < -0.3 is 5.73 Å². The lowest BCUT2D eigenvalue weighted by Gasteiger charge is -2.07. The molecule has 16 heavy (non-hydrogen) atoms. The van der Waals surface area contributed by atoms with Gasteiger partial charge in [0.15, 0.2) is 0 Å². The number of nitrogen functional groups attached to an aromatic ring is 1. The Bertz CT molecular complexity index is 379. The van der Waals surface area contributed by atoms with Crippen molar-refractivity contribution in [3.8, 4) is 0 Å². The van der Waals surface area contributed by atoms with E-state index in [1.54, 1.807) is 0 Å². The summed E-state index contributed by atoms with van der Waals surface area (Å²) in [5.41, 5.74) is 6.07. The van der Waals surface area contributed by atoms with Crippen LogP contribution in [-0.2, 0) is 10.8 Å². The Morgan fingerprint density at radius 3 is 2.75 bits per heavy atom. The zero-order chi connectivity index (χ0) is 12.1. The minimum Gasteiger partial charge on any atom is -0.398 e. The summed E-state index contributed by atoms with van der Waals surface area (Å²) in [6, 6.07) is 4.01. The van der Waals surface area contributed by atoms with Gasteiger partial charge in [0.05, 0.1) is 15.7 Å². The van der Waals surface area contributed by atoms with Crippen LogP contribution in [0.3, 0.4) is 0 Å². The molecule has 0 aliphatic rings. The highest BCUT2D eigenvalue weighted by atomic mass is 32.2. The summed E-state index contributed by atoms with van der Waals surface area (Å²) in [5, 5.41) is 0. The summed E-state index contributed by atoms with van der Waals surface area (Å²) in [5.74, 6) is 0.759. The van der Waals surface area contributed by atoms with E-state index < -0.39 is 10.8 Å². The van der Waals surface area contributed by atoms with Gasteiger partial charge in [0.1, 0.15) is 5.82 Å². The van der Waals surface area contributed by atoms with Crippen LogP contribution in [0.4, 0.5) is 10.1 Å². The topological polar surface area (TPSA) is 43.1 Å². The molecule has 0 heterocycles. The third kappa shape index (κ3) is 3.93. The van der Waals surface area contributed by atoms with E-state index in [1.165, 1.54) is 18.2 Å². The molecule has 1 unspecified atom stereocenters. The molecular formula is C12H18FNOS. The molecule has 0 saturated carbocycles. The number of hydrogen-bond acceptors (Lipinski definition) is 2. The molecule has 0 aliphatic carbocycles. The van der Waals surface area contributed by atoms with E-state index in [2.05, 4.69) is 13.8 Å². The van der Waals surface area contributed by atoms with E-state index in [-0.39, 0.29) is 5.82 Å². The molecule has 0 aliphatic heterocycles. The highest BCUT2D eigenvalue weighted by Gasteiger charge is 2.09. The summed E-state index contributed by atoms with van der Waals surface area (Å²) >= 11 is 0. The maximum absolute atomic E-state index is 13.0. The first-order chi connectivity index (χ1) is 7.50. The van der Waals surface area contributed by atoms with E-state index >= 15 is 0 Å². The fourth-order valence-electron chi connectivity index (χ4n) is 1.44. The van der Waals surface area contributed by atoms with Crippen molar-refractivity contribution >= 4 is 16.5 Å². The lowest BCUT2D eigenvalue weighted by molar-refractivity contribution is 0.575. The molecule has 0 saturated heterocycles. The first-order valence-corrected chi connectivity index (χ1v) is 6.76. The predicted molar refractivity (Wildman–Crippen MR) is 66.2 cm³/mol. The van der Waals surface area contributed by atoms with Crippen LogP contribution in [0.2, 0.25) is 0 Å². The molecular weight excluding hydrogens is 225 g/mol. The van der Waals surface area contributed by atoms with E-state index in [4.69, 9.17) is 5.73 Å². The van der Waals surface area contributed by atoms with Crippen molar-refractivity contribution in [2.24, 2.45) is 5.92 Å². The Balaban J connectivity index is 2.62. The number of hydrogen-bond donors (Lipinski definition) is 1. The molecule has 0 amide bonds. The van der Waals surface area contributed by atoms with Crippen LogP contribution < -0.4 is 5.73 Å². The van der Waals surface area contributed by atoms with Crippen molar-refractivity contribution in [2.75, 3.05) is 11.5 Å². The maximum Gasteiger partial charge on any atom is 0.124 e. The fraction of sp³-hybridized carbons (Fsp3) is 0.500. The zero-order valence-electron chi connectivity index (χ0n) is 9.70. The zero-order valence-corrected chi connectivity index (χ0v) is 10.5. The Hall–Kier alpha value is -0.900. The van der Waals surface area contributed by atoms with E-state index in [0.717, 1.165) is 12.8 Å². The van der Waals surface area contributed by atoms with Gasteiger partial charge in [-0.25, -0.2) is 4.39 Å².